The number of anilines is 2. The van der Waals surface area contributed by atoms with Crippen molar-refractivity contribution in [2.75, 3.05) is 57.6 Å². The van der Waals surface area contributed by atoms with Gasteiger partial charge in [-0.05, 0) is 37.9 Å². The van der Waals surface area contributed by atoms with Gasteiger partial charge in [-0.2, -0.15) is 15.2 Å². The van der Waals surface area contributed by atoms with Crippen molar-refractivity contribution in [2.45, 2.75) is 38.3 Å². The molecule has 0 aliphatic carbocycles. The van der Waals surface area contributed by atoms with Crippen molar-refractivity contribution < 1.29 is 18.3 Å². The van der Waals surface area contributed by atoms with E-state index in [4.69, 9.17) is 20.2 Å². The number of nitrogens with zero attached hydrogens (tertiary/aromatic N) is 6. The van der Waals surface area contributed by atoms with E-state index in [2.05, 4.69) is 31.2 Å². The molecule has 0 spiro atoms. The van der Waals surface area contributed by atoms with E-state index in [-0.39, 0.29) is 47.4 Å². The predicted molar refractivity (Wildman–Crippen MR) is 171 cm³/mol. The first-order valence-corrected chi connectivity index (χ1v) is 15.8. The van der Waals surface area contributed by atoms with Gasteiger partial charge in [-0.3, -0.25) is 0 Å². The molecule has 3 atom stereocenters. The number of benzene rings is 1. The van der Waals surface area contributed by atoms with Crippen LogP contribution >= 0.6 is 11.3 Å². The second kappa shape index (κ2) is 11.3. The molecule has 7 rings (SSSR count). The number of fused-ring (bicyclic) bond motifs is 4. The van der Waals surface area contributed by atoms with E-state index < -0.39 is 11.2 Å². The largest absolute Gasteiger partial charge is 0.480 e. The molecule has 3 N–H and O–H groups in total. The smallest absolute Gasteiger partial charge is 0.319 e. The fourth-order valence-corrected chi connectivity index (χ4v) is 8.05. The Morgan fingerprint density at radius 2 is 2.00 bits per heavy atom. The first kappa shape index (κ1) is 29.6. The number of aromatic nitrogens is 3. The zero-order valence-electron chi connectivity index (χ0n) is 25.4. The van der Waals surface area contributed by atoms with Crippen LogP contribution in [-0.4, -0.2) is 78.9 Å². The molecule has 0 radical (unpaired) electrons. The Balaban J connectivity index is 1.41. The monoisotopic (exact) mass is 632 g/mol. The lowest BCUT2D eigenvalue weighted by Crippen LogP contribution is -2.51. The molecule has 10 nitrogen and oxygen atoms in total. The van der Waals surface area contributed by atoms with Gasteiger partial charge < -0.3 is 30.3 Å². The maximum Gasteiger partial charge on any atom is 0.319 e. The summed E-state index contributed by atoms with van der Waals surface area (Å²) in [6.07, 6.45) is 3.35. The molecule has 234 valence electrons. The van der Waals surface area contributed by atoms with Crippen LogP contribution in [0.15, 0.2) is 30.1 Å². The van der Waals surface area contributed by atoms with Gasteiger partial charge >= 0.3 is 6.01 Å². The Hall–Kier alpha value is -4.12. The lowest BCUT2D eigenvalue weighted by molar-refractivity contribution is 0.109. The van der Waals surface area contributed by atoms with E-state index >= 15 is 4.39 Å². The van der Waals surface area contributed by atoms with Crippen LogP contribution in [0.1, 0.15) is 31.7 Å². The normalized spacial score (nSPS) is 24.4. The van der Waals surface area contributed by atoms with Crippen LogP contribution in [0.4, 0.5) is 19.6 Å². The highest BCUT2D eigenvalue weighted by molar-refractivity contribution is 7.23. The summed E-state index contributed by atoms with van der Waals surface area (Å²) in [6, 6.07) is 8.04. The first-order valence-electron chi connectivity index (χ1n) is 15.0. The van der Waals surface area contributed by atoms with Crippen molar-refractivity contribution in [1.82, 2.24) is 25.2 Å². The Labute approximate surface area is 263 Å². The number of thiophene rings is 1. The van der Waals surface area contributed by atoms with Crippen molar-refractivity contribution in [3.63, 3.8) is 0 Å². The van der Waals surface area contributed by atoms with Crippen LogP contribution in [0, 0.1) is 22.6 Å². The zero-order chi connectivity index (χ0) is 31.5. The third-order valence-electron chi connectivity index (χ3n) is 9.34. The zero-order valence-corrected chi connectivity index (χ0v) is 26.2. The number of rotatable bonds is 6. The maximum atomic E-state index is 16.9. The minimum Gasteiger partial charge on any atom is -0.480 e. The summed E-state index contributed by atoms with van der Waals surface area (Å²) in [7, 11) is 3.47. The van der Waals surface area contributed by atoms with E-state index in [0.717, 1.165) is 24.1 Å². The number of nitrogen functional groups attached to an aromatic ring is 1. The molecule has 3 fully saturated rings. The molecule has 0 unspecified atom stereocenters. The SMILES string of the molecule is COc1nc(-c2cccc3sc(N)c(C#N)c23)c(F)c2nc(OC[C@]3(C)CN(C)CC/C3=C\F)nc(N3C[C@H]4CC[C@@H](C3)N4)c12. The quantitative estimate of drug-likeness (QED) is 0.299. The number of methoxy groups -OCH3 is 1. The predicted octanol–water partition coefficient (Wildman–Crippen LogP) is 5.02. The minimum absolute atomic E-state index is 0.00591. The van der Waals surface area contributed by atoms with Crippen LogP contribution in [0.25, 0.3) is 32.2 Å². The Morgan fingerprint density at radius 1 is 1.22 bits per heavy atom. The van der Waals surface area contributed by atoms with Gasteiger partial charge in [0.05, 0.1) is 19.0 Å². The van der Waals surface area contributed by atoms with Crippen LogP contribution in [0.5, 0.6) is 11.9 Å². The highest BCUT2D eigenvalue weighted by Crippen LogP contribution is 2.44. The standard InChI is InChI=1S/C32H34F2N8O2S/c1-32(15-41(2)10-9-17(32)11-33)16-44-31-39-27-24(29(40-31)42-13-18-7-8-19(14-42)37-18)30(43-3)38-26(25(27)34)20-5-4-6-22-23(20)21(12-35)28(36)45-22/h4-6,11,18-19,37H,7-10,13-16,36H2,1-3H3/b17-11+/t18-,19+,32-/m0/s1. The minimum atomic E-state index is -0.688. The summed E-state index contributed by atoms with van der Waals surface area (Å²) >= 11 is 1.26. The molecular weight excluding hydrogens is 598 g/mol. The van der Waals surface area contributed by atoms with Gasteiger partial charge in [-0.25, -0.2) is 13.8 Å². The van der Waals surface area contributed by atoms with E-state index in [9.17, 15) is 9.65 Å². The number of pyridine rings is 1. The number of likely N-dealkylation sites (tertiary alicyclic amines) is 1. The number of hydrogen-bond donors (Lipinski definition) is 2. The van der Waals surface area contributed by atoms with Gasteiger partial charge in [0.25, 0.3) is 0 Å². The molecule has 6 heterocycles. The number of piperazine rings is 1. The number of hydrogen-bond acceptors (Lipinski definition) is 11. The van der Waals surface area contributed by atoms with Crippen LogP contribution < -0.4 is 25.4 Å². The number of nitrogens with one attached hydrogen (secondary N) is 1. The molecule has 3 saturated heterocycles. The number of nitriles is 1. The summed E-state index contributed by atoms with van der Waals surface area (Å²) in [4.78, 5) is 18.4. The van der Waals surface area contributed by atoms with Crippen molar-refractivity contribution in [3.05, 3.63) is 41.5 Å². The summed E-state index contributed by atoms with van der Waals surface area (Å²) in [5, 5.41) is 14.7. The molecule has 3 aromatic heterocycles. The molecular formula is C32H34F2N8O2S. The average Bonchev–Trinajstić information content (AvgIpc) is 3.56. The highest BCUT2D eigenvalue weighted by Gasteiger charge is 2.38. The first-order chi connectivity index (χ1) is 21.7. The van der Waals surface area contributed by atoms with Crippen molar-refractivity contribution in [3.8, 4) is 29.2 Å². The summed E-state index contributed by atoms with van der Waals surface area (Å²) in [5.74, 6) is -0.0475. The van der Waals surface area contributed by atoms with Gasteiger partial charge in [-0.15, -0.1) is 11.3 Å². The van der Waals surface area contributed by atoms with E-state index in [1.165, 1.54) is 18.4 Å². The lowest BCUT2D eigenvalue weighted by Gasteiger charge is -2.40. The highest BCUT2D eigenvalue weighted by atomic mass is 32.1. The molecule has 0 amide bonds. The average molecular weight is 633 g/mol. The Kier molecular flexibility index (Phi) is 7.46. The Morgan fingerprint density at radius 3 is 2.71 bits per heavy atom. The van der Waals surface area contributed by atoms with E-state index in [0.29, 0.717) is 65.1 Å². The third-order valence-corrected chi connectivity index (χ3v) is 10.3. The van der Waals surface area contributed by atoms with Crippen LogP contribution in [0.2, 0.25) is 0 Å². The summed E-state index contributed by atoms with van der Waals surface area (Å²) in [5.41, 5.74) is 6.87. The van der Waals surface area contributed by atoms with Crippen molar-refractivity contribution >= 4 is 43.1 Å². The molecule has 45 heavy (non-hydrogen) atoms. The van der Waals surface area contributed by atoms with Crippen molar-refractivity contribution in [1.29, 1.82) is 5.26 Å². The second-order valence-electron chi connectivity index (χ2n) is 12.5. The third kappa shape index (κ3) is 5.01. The number of piperidine rings is 1. The molecule has 3 aliphatic heterocycles. The van der Waals surface area contributed by atoms with Crippen molar-refractivity contribution in [2.24, 2.45) is 5.41 Å². The van der Waals surface area contributed by atoms with E-state index in [1.54, 1.807) is 12.1 Å². The van der Waals surface area contributed by atoms with Gasteiger partial charge in [0.15, 0.2) is 5.82 Å². The summed E-state index contributed by atoms with van der Waals surface area (Å²) in [6.45, 7) is 4.76. The number of ether oxygens (including phenoxy) is 2. The molecule has 13 heteroatoms. The maximum absolute atomic E-state index is 16.9. The lowest BCUT2D eigenvalue weighted by atomic mass is 9.78. The number of halogens is 2. The van der Waals surface area contributed by atoms with Crippen LogP contribution in [-0.2, 0) is 0 Å². The molecule has 3 aliphatic rings. The van der Waals surface area contributed by atoms with Gasteiger partial charge in [-0.1, -0.05) is 19.1 Å². The molecule has 2 bridgehead atoms. The van der Waals surface area contributed by atoms with E-state index in [1.807, 2.05) is 20.0 Å². The Bertz CT molecular complexity index is 1880. The molecule has 4 aromatic rings. The molecule has 0 saturated carbocycles. The fourth-order valence-electron chi connectivity index (χ4n) is 7.11. The van der Waals surface area contributed by atoms with Gasteiger partial charge in [0, 0.05) is 59.3 Å². The summed E-state index contributed by atoms with van der Waals surface area (Å²) < 4.78 is 43.6. The van der Waals surface area contributed by atoms with Crippen LogP contribution in [0.3, 0.4) is 0 Å². The molecule has 1 aromatic carbocycles. The fraction of sp³-hybridized carbons (Fsp3) is 0.438. The van der Waals surface area contributed by atoms with Gasteiger partial charge in [0.1, 0.15) is 40.1 Å². The number of nitrogens with two attached hydrogens (primary N) is 1. The van der Waals surface area contributed by atoms with Gasteiger partial charge in [0.2, 0.25) is 5.88 Å². The second-order valence-corrected chi connectivity index (χ2v) is 13.6. The topological polar surface area (TPSA) is 125 Å².